The Labute approximate surface area is 205 Å². The summed E-state index contributed by atoms with van der Waals surface area (Å²) in [4.78, 5) is 39.6. The number of ether oxygens (including phenoxy) is 2. The van der Waals surface area contributed by atoms with Gasteiger partial charge in [0.05, 0.1) is 30.7 Å². The van der Waals surface area contributed by atoms with Gasteiger partial charge in [-0.15, -0.1) is 0 Å². The third-order valence-corrected chi connectivity index (χ3v) is 8.62. The summed E-state index contributed by atoms with van der Waals surface area (Å²) >= 11 is 0. The number of rotatable bonds is 3. The van der Waals surface area contributed by atoms with E-state index in [1.807, 2.05) is 42.5 Å². The van der Waals surface area contributed by atoms with E-state index >= 15 is 0 Å². The van der Waals surface area contributed by atoms with Gasteiger partial charge in [0.1, 0.15) is 0 Å². The van der Waals surface area contributed by atoms with Crippen molar-refractivity contribution in [2.24, 2.45) is 23.7 Å². The van der Waals surface area contributed by atoms with Crippen LogP contribution in [0.15, 0.2) is 54.1 Å². The molecule has 8 atom stereocenters. The van der Waals surface area contributed by atoms with Crippen LogP contribution in [-0.4, -0.2) is 52.7 Å². The Kier molecular flexibility index (Phi) is 5.96. The summed E-state index contributed by atoms with van der Waals surface area (Å²) in [5.41, 5.74) is -0.520. The molecule has 3 aliphatic heterocycles. The quantitative estimate of drug-likeness (QED) is 0.392. The molecule has 186 valence electrons. The van der Waals surface area contributed by atoms with Crippen LogP contribution in [0.1, 0.15) is 39.2 Å². The van der Waals surface area contributed by atoms with Gasteiger partial charge in [0.2, 0.25) is 5.60 Å². The first-order valence-corrected chi connectivity index (χ1v) is 12.5. The van der Waals surface area contributed by atoms with Gasteiger partial charge in [0.15, 0.2) is 5.78 Å². The van der Waals surface area contributed by atoms with Crippen molar-refractivity contribution in [2.75, 3.05) is 6.61 Å². The maximum atomic E-state index is 13.8. The van der Waals surface area contributed by atoms with Crippen LogP contribution < -0.4 is 5.32 Å². The van der Waals surface area contributed by atoms with Crippen LogP contribution in [0.2, 0.25) is 0 Å². The zero-order valence-corrected chi connectivity index (χ0v) is 20.4. The number of amides is 1. The average Bonchev–Trinajstić information content (AvgIpc) is 3.46. The van der Waals surface area contributed by atoms with E-state index in [-0.39, 0.29) is 53.6 Å². The number of nitrogens with one attached hydrogen (secondary N) is 1. The van der Waals surface area contributed by atoms with E-state index in [4.69, 9.17) is 9.47 Å². The standard InChI is InChI=1S/C28H33NO6/c1-16-8-7-11-20-25-27(3,35-25)17(2)23-21(14-18-9-5-4-6-10-18)29-26(33)28(20,23)34-22(31)13-12-19(15-30)24(16)32/h4-7,9-12,16-17,20-21,23,25,30H,8,13-15H2,1-3H3,(H,29,33)/t16-,17-,20?,21-,23-,25-,27+,28-/m0/s1. The molecule has 1 aromatic rings. The van der Waals surface area contributed by atoms with E-state index in [9.17, 15) is 19.5 Å². The Morgan fingerprint density at radius 1 is 1.14 bits per heavy atom. The lowest BCUT2D eigenvalue weighted by Gasteiger charge is -2.46. The second-order valence-electron chi connectivity index (χ2n) is 10.6. The largest absolute Gasteiger partial charge is 0.448 e. The number of allylic oxidation sites excluding steroid dienone is 1. The normalized spacial score (nSPS) is 40.8. The third kappa shape index (κ3) is 3.76. The van der Waals surface area contributed by atoms with E-state index in [1.54, 1.807) is 6.92 Å². The van der Waals surface area contributed by atoms with E-state index in [1.165, 1.54) is 6.08 Å². The molecule has 5 rings (SSSR count). The van der Waals surface area contributed by atoms with Crippen LogP contribution in [0.4, 0.5) is 0 Å². The van der Waals surface area contributed by atoms with Gasteiger partial charge in [-0.2, -0.15) is 0 Å². The van der Waals surface area contributed by atoms with Crippen LogP contribution in [0, 0.1) is 23.7 Å². The number of hydrogen-bond acceptors (Lipinski definition) is 6. The Hall–Kier alpha value is -2.77. The molecule has 0 bridgehead atoms. The molecule has 7 nitrogen and oxygen atoms in total. The Bertz CT molecular complexity index is 1100. The molecule has 1 aromatic carbocycles. The molecule has 4 aliphatic rings. The van der Waals surface area contributed by atoms with E-state index in [0.717, 1.165) is 5.56 Å². The summed E-state index contributed by atoms with van der Waals surface area (Å²) < 4.78 is 12.4. The number of esters is 1. The lowest BCUT2D eigenvalue weighted by Crippen LogP contribution is -2.61. The second kappa shape index (κ2) is 8.71. The molecule has 35 heavy (non-hydrogen) atoms. The highest BCUT2D eigenvalue weighted by Crippen LogP contribution is 2.63. The first kappa shape index (κ1) is 23.9. The SMILES string of the molecule is C[C@H]1CC=CC2[C@@H]3O[C@]3(C)[C@@H](C)[C@H]3[C@H](Cc4ccccc4)NC(=O)[C@]23OC(=O)CC=C(CO)C1=O. The number of fused-ring (bicyclic) bond motifs is 2. The number of hydrogen-bond donors (Lipinski definition) is 2. The Morgan fingerprint density at radius 3 is 2.60 bits per heavy atom. The minimum atomic E-state index is -1.40. The van der Waals surface area contributed by atoms with Crippen molar-refractivity contribution in [3.05, 3.63) is 59.7 Å². The van der Waals surface area contributed by atoms with Gasteiger partial charge in [0.25, 0.3) is 5.91 Å². The minimum Gasteiger partial charge on any atom is -0.448 e. The van der Waals surface area contributed by atoms with Crippen LogP contribution in [0.25, 0.3) is 0 Å². The fourth-order valence-corrected chi connectivity index (χ4v) is 6.54. The maximum Gasteiger partial charge on any atom is 0.310 e. The van der Waals surface area contributed by atoms with E-state index < -0.39 is 29.7 Å². The van der Waals surface area contributed by atoms with E-state index in [2.05, 4.69) is 19.2 Å². The van der Waals surface area contributed by atoms with Gasteiger partial charge >= 0.3 is 5.97 Å². The lowest BCUT2D eigenvalue weighted by molar-refractivity contribution is -0.181. The number of carbonyl (C=O) groups is 3. The fraction of sp³-hybridized carbons (Fsp3) is 0.536. The number of Topliss-reactive ketones (excluding diaryl/α,β-unsaturated/α-hetero) is 1. The molecule has 0 aromatic heterocycles. The number of epoxide rings is 1. The molecule has 3 heterocycles. The monoisotopic (exact) mass is 479 g/mol. The summed E-state index contributed by atoms with van der Waals surface area (Å²) in [5, 5.41) is 12.9. The molecule has 1 amide bonds. The Morgan fingerprint density at radius 2 is 1.89 bits per heavy atom. The van der Waals surface area contributed by atoms with Crippen LogP contribution in [0.5, 0.6) is 0 Å². The molecule has 7 heteroatoms. The molecular formula is C28H33NO6. The molecule has 2 saturated heterocycles. The molecule has 1 saturated carbocycles. The summed E-state index contributed by atoms with van der Waals surface area (Å²) in [6, 6.07) is 9.76. The number of benzene rings is 1. The molecule has 1 unspecified atom stereocenters. The highest BCUT2D eigenvalue weighted by atomic mass is 16.6. The Balaban J connectivity index is 1.58. The minimum absolute atomic E-state index is 0.0328. The predicted molar refractivity (Wildman–Crippen MR) is 128 cm³/mol. The third-order valence-electron chi connectivity index (χ3n) is 8.62. The summed E-state index contributed by atoms with van der Waals surface area (Å²) in [6.45, 7) is 5.51. The van der Waals surface area contributed by atoms with Crippen molar-refractivity contribution in [3.63, 3.8) is 0 Å². The van der Waals surface area contributed by atoms with Gasteiger partial charge in [-0.05, 0) is 31.2 Å². The van der Waals surface area contributed by atoms with Gasteiger partial charge in [-0.25, -0.2) is 0 Å². The molecule has 3 fully saturated rings. The zero-order valence-electron chi connectivity index (χ0n) is 20.4. The zero-order chi connectivity index (χ0) is 25.0. The van der Waals surface area contributed by atoms with Gasteiger partial charge < -0.3 is 19.9 Å². The van der Waals surface area contributed by atoms with Crippen molar-refractivity contribution in [1.82, 2.24) is 5.32 Å². The van der Waals surface area contributed by atoms with Gasteiger partial charge in [0, 0.05) is 23.5 Å². The van der Waals surface area contributed by atoms with Crippen molar-refractivity contribution < 1.29 is 29.0 Å². The summed E-state index contributed by atoms with van der Waals surface area (Å²) in [6.07, 6.45) is 5.88. The predicted octanol–water partition coefficient (Wildman–Crippen LogP) is 2.52. The van der Waals surface area contributed by atoms with Gasteiger partial charge in [-0.3, -0.25) is 14.4 Å². The fourth-order valence-electron chi connectivity index (χ4n) is 6.54. The van der Waals surface area contributed by atoms with Gasteiger partial charge in [-0.1, -0.05) is 62.4 Å². The van der Waals surface area contributed by atoms with Crippen molar-refractivity contribution in [2.45, 2.75) is 63.4 Å². The molecule has 2 N–H and O–H groups in total. The topological polar surface area (TPSA) is 105 Å². The lowest BCUT2D eigenvalue weighted by atomic mass is 9.59. The smallest absolute Gasteiger partial charge is 0.310 e. The van der Waals surface area contributed by atoms with Crippen molar-refractivity contribution in [1.29, 1.82) is 0 Å². The first-order valence-electron chi connectivity index (χ1n) is 12.5. The van der Waals surface area contributed by atoms with Crippen LogP contribution >= 0.6 is 0 Å². The van der Waals surface area contributed by atoms with Crippen LogP contribution in [-0.2, 0) is 30.3 Å². The number of aliphatic hydroxyl groups is 1. The molecule has 0 radical (unpaired) electrons. The first-order chi connectivity index (χ1) is 16.7. The maximum absolute atomic E-state index is 13.8. The number of aliphatic hydroxyl groups excluding tert-OH is 1. The number of carbonyl (C=O) groups excluding carboxylic acids is 3. The highest BCUT2D eigenvalue weighted by Gasteiger charge is 2.78. The molecule has 1 aliphatic carbocycles. The second-order valence-corrected chi connectivity index (χ2v) is 10.6. The van der Waals surface area contributed by atoms with Crippen LogP contribution in [0.3, 0.4) is 0 Å². The molecular weight excluding hydrogens is 446 g/mol. The number of ketones is 1. The van der Waals surface area contributed by atoms with E-state index in [0.29, 0.717) is 12.8 Å². The van der Waals surface area contributed by atoms with Crippen molar-refractivity contribution >= 4 is 17.7 Å². The average molecular weight is 480 g/mol. The molecule has 1 spiro atoms. The summed E-state index contributed by atoms with van der Waals surface area (Å²) in [5.74, 6) is -2.21. The summed E-state index contributed by atoms with van der Waals surface area (Å²) in [7, 11) is 0. The highest BCUT2D eigenvalue weighted by molar-refractivity contribution is 5.98. The van der Waals surface area contributed by atoms with Crippen molar-refractivity contribution in [3.8, 4) is 0 Å².